The van der Waals surface area contributed by atoms with Gasteiger partial charge in [-0.05, 0) is 29.8 Å². The number of benzene rings is 2. The van der Waals surface area contributed by atoms with Crippen molar-refractivity contribution in [1.29, 1.82) is 0 Å². The van der Waals surface area contributed by atoms with Crippen molar-refractivity contribution in [1.82, 2.24) is 0 Å². The number of hydrogen-bond acceptors (Lipinski definition) is 7. The SMILES string of the molecule is COC(=O)Cc1cc(O)cc2oc(-c3ccc(O)c(O)c3)cc(=O)c12. The number of phenols is 3. The van der Waals surface area contributed by atoms with E-state index in [-0.39, 0.29) is 46.0 Å². The topological polar surface area (TPSA) is 117 Å². The maximum absolute atomic E-state index is 12.5. The first-order valence-electron chi connectivity index (χ1n) is 7.28. The molecule has 0 radical (unpaired) electrons. The Kier molecular flexibility index (Phi) is 4.06. The van der Waals surface area contributed by atoms with Crippen molar-refractivity contribution in [2.24, 2.45) is 0 Å². The summed E-state index contributed by atoms with van der Waals surface area (Å²) >= 11 is 0. The van der Waals surface area contributed by atoms with Gasteiger partial charge in [-0.15, -0.1) is 0 Å². The average molecular weight is 342 g/mol. The minimum absolute atomic E-state index is 0.0916. The first-order chi connectivity index (χ1) is 11.9. The van der Waals surface area contributed by atoms with E-state index in [0.717, 1.165) is 0 Å². The third-order valence-corrected chi connectivity index (χ3v) is 3.72. The molecule has 25 heavy (non-hydrogen) atoms. The number of carbonyl (C=O) groups is 1. The van der Waals surface area contributed by atoms with Crippen LogP contribution in [-0.2, 0) is 16.0 Å². The molecule has 3 aromatic rings. The van der Waals surface area contributed by atoms with Gasteiger partial charge in [0, 0.05) is 17.7 Å². The largest absolute Gasteiger partial charge is 0.508 e. The zero-order chi connectivity index (χ0) is 18.1. The van der Waals surface area contributed by atoms with Gasteiger partial charge >= 0.3 is 5.97 Å². The lowest BCUT2D eigenvalue weighted by molar-refractivity contribution is -0.139. The number of aromatic hydroxyl groups is 3. The second-order valence-corrected chi connectivity index (χ2v) is 5.41. The summed E-state index contributed by atoms with van der Waals surface area (Å²) in [7, 11) is 1.23. The smallest absolute Gasteiger partial charge is 0.310 e. The molecule has 0 fully saturated rings. The van der Waals surface area contributed by atoms with Crippen LogP contribution in [-0.4, -0.2) is 28.4 Å². The normalized spacial score (nSPS) is 10.8. The number of phenolic OH excluding ortho intramolecular Hbond substituents is 3. The van der Waals surface area contributed by atoms with Gasteiger partial charge in [0.1, 0.15) is 17.1 Å². The number of fused-ring (bicyclic) bond motifs is 1. The number of esters is 1. The third-order valence-electron chi connectivity index (χ3n) is 3.72. The maximum Gasteiger partial charge on any atom is 0.310 e. The second kappa shape index (κ2) is 6.20. The fourth-order valence-electron chi connectivity index (χ4n) is 2.54. The van der Waals surface area contributed by atoms with Crippen LogP contribution in [0.1, 0.15) is 5.56 Å². The summed E-state index contributed by atoms with van der Waals surface area (Å²) in [6.07, 6.45) is -0.189. The molecule has 0 aliphatic heterocycles. The zero-order valence-electron chi connectivity index (χ0n) is 13.1. The lowest BCUT2D eigenvalue weighted by Crippen LogP contribution is -2.09. The van der Waals surface area contributed by atoms with Gasteiger partial charge in [0.15, 0.2) is 16.9 Å². The van der Waals surface area contributed by atoms with Crippen LogP contribution in [0.4, 0.5) is 0 Å². The van der Waals surface area contributed by atoms with E-state index in [0.29, 0.717) is 5.56 Å². The van der Waals surface area contributed by atoms with Crippen molar-refractivity contribution >= 4 is 16.9 Å². The first kappa shape index (κ1) is 16.4. The van der Waals surface area contributed by atoms with Crippen molar-refractivity contribution in [2.45, 2.75) is 6.42 Å². The van der Waals surface area contributed by atoms with Crippen LogP contribution >= 0.6 is 0 Å². The molecule has 128 valence electrons. The van der Waals surface area contributed by atoms with E-state index in [4.69, 9.17) is 4.42 Å². The Bertz CT molecular complexity index is 1030. The highest BCUT2D eigenvalue weighted by Crippen LogP contribution is 2.32. The number of methoxy groups -OCH3 is 1. The van der Waals surface area contributed by atoms with Crippen LogP contribution < -0.4 is 5.43 Å². The summed E-state index contributed by atoms with van der Waals surface area (Å²) in [5.74, 6) is -1.24. The van der Waals surface area contributed by atoms with E-state index in [2.05, 4.69) is 4.74 Å². The lowest BCUT2D eigenvalue weighted by Gasteiger charge is -2.08. The number of hydrogen-bond donors (Lipinski definition) is 3. The lowest BCUT2D eigenvalue weighted by atomic mass is 10.0. The van der Waals surface area contributed by atoms with E-state index in [1.54, 1.807) is 0 Å². The van der Waals surface area contributed by atoms with E-state index in [9.17, 15) is 24.9 Å². The van der Waals surface area contributed by atoms with Crippen LogP contribution in [0.2, 0.25) is 0 Å². The molecule has 3 N–H and O–H groups in total. The summed E-state index contributed by atoms with van der Waals surface area (Å²) < 4.78 is 10.3. The molecule has 2 aromatic carbocycles. The molecule has 0 unspecified atom stereocenters. The molecule has 1 aromatic heterocycles. The summed E-state index contributed by atoms with van der Waals surface area (Å²) in [5, 5.41) is 29.0. The van der Waals surface area contributed by atoms with Crippen molar-refractivity contribution in [2.75, 3.05) is 7.11 Å². The van der Waals surface area contributed by atoms with Crippen LogP contribution in [0.25, 0.3) is 22.3 Å². The molecule has 0 saturated carbocycles. The minimum atomic E-state index is -0.557. The van der Waals surface area contributed by atoms with Gasteiger partial charge in [0.25, 0.3) is 0 Å². The van der Waals surface area contributed by atoms with Gasteiger partial charge in [-0.3, -0.25) is 9.59 Å². The van der Waals surface area contributed by atoms with E-state index in [1.165, 1.54) is 43.5 Å². The van der Waals surface area contributed by atoms with Gasteiger partial charge in [0.2, 0.25) is 0 Å². The molecular formula is C18H14O7. The summed E-state index contributed by atoms with van der Waals surface area (Å²) in [6.45, 7) is 0. The van der Waals surface area contributed by atoms with E-state index >= 15 is 0 Å². The molecule has 1 heterocycles. The quantitative estimate of drug-likeness (QED) is 0.494. The highest BCUT2D eigenvalue weighted by atomic mass is 16.5. The Morgan fingerprint density at radius 2 is 1.84 bits per heavy atom. The van der Waals surface area contributed by atoms with Crippen LogP contribution in [0.3, 0.4) is 0 Å². The van der Waals surface area contributed by atoms with Crippen LogP contribution in [0.5, 0.6) is 17.2 Å². The molecule has 0 bridgehead atoms. The van der Waals surface area contributed by atoms with Crippen molar-refractivity contribution in [3.05, 3.63) is 52.2 Å². The molecule has 0 atom stereocenters. The Balaban J connectivity index is 2.21. The highest BCUT2D eigenvalue weighted by molar-refractivity contribution is 5.87. The Hall–Kier alpha value is -3.48. The Morgan fingerprint density at radius 3 is 2.52 bits per heavy atom. The average Bonchev–Trinajstić information content (AvgIpc) is 2.56. The number of ether oxygens (including phenoxy) is 1. The standard InChI is InChI=1S/C18H14O7/c1-24-17(23)6-10-4-11(19)7-16-18(10)14(22)8-15(25-16)9-2-3-12(20)13(21)5-9/h2-5,7-8,19-21H,6H2,1H3. The highest BCUT2D eigenvalue weighted by Gasteiger charge is 2.15. The van der Waals surface area contributed by atoms with Crippen molar-refractivity contribution in [3.63, 3.8) is 0 Å². The number of carbonyl (C=O) groups excluding carboxylic acids is 1. The minimum Gasteiger partial charge on any atom is -0.508 e. The molecule has 0 aliphatic rings. The predicted octanol–water partition coefficient (Wildman–Crippen LogP) is 2.29. The van der Waals surface area contributed by atoms with E-state index in [1.807, 2.05) is 0 Å². The van der Waals surface area contributed by atoms with Crippen LogP contribution in [0.15, 0.2) is 45.6 Å². The Labute approximate surface area is 141 Å². The van der Waals surface area contributed by atoms with E-state index < -0.39 is 11.4 Å². The maximum atomic E-state index is 12.5. The van der Waals surface area contributed by atoms with Gasteiger partial charge in [-0.1, -0.05) is 0 Å². The molecule has 7 nitrogen and oxygen atoms in total. The first-order valence-corrected chi connectivity index (χ1v) is 7.28. The molecule has 0 spiro atoms. The fraction of sp³-hybridized carbons (Fsp3) is 0.111. The van der Waals surface area contributed by atoms with Crippen molar-refractivity contribution in [3.8, 4) is 28.6 Å². The number of rotatable bonds is 3. The fourth-order valence-corrected chi connectivity index (χ4v) is 2.54. The molecule has 0 saturated heterocycles. The predicted molar refractivity (Wildman–Crippen MR) is 88.6 cm³/mol. The molecule has 0 aliphatic carbocycles. The van der Waals surface area contributed by atoms with Gasteiger partial charge < -0.3 is 24.5 Å². The molecule has 0 amide bonds. The zero-order valence-corrected chi connectivity index (χ0v) is 13.1. The molecular weight excluding hydrogens is 328 g/mol. The van der Waals surface area contributed by atoms with Gasteiger partial charge in [0.05, 0.1) is 18.9 Å². The second-order valence-electron chi connectivity index (χ2n) is 5.41. The van der Waals surface area contributed by atoms with Gasteiger partial charge in [-0.25, -0.2) is 0 Å². The summed E-state index contributed by atoms with van der Waals surface area (Å²) in [6, 6.07) is 7.77. The molecule has 7 heteroatoms. The summed E-state index contributed by atoms with van der Waals surface area (Å²) in [5.41, 5.74) is 0.333. The summed E-state index contributed by atoms with van der Waals surface area (Å²) in [4.78, 5) is 24.0. The monoisotopic (exact) mass is 342 g/mol. The van der Waals surface area contributed by atoms with Crippen molar-refractivity contribution < 1.29 is 29.3 Å². The Morgan fingerprint density at radius 1 is 1.08 bits per heavy atom. The van der Waals surface area contributed by atoms with Crippen LogP contribution in [0, 0.1) is 0 Å². The molecule has 3 rings (SSSR count). The third kappa shape index (κ3) is 3.12. The van der Waals surface area contributed by atoms with Gasteiger partial charge in [-0.2, -0.15) is 0 Å².